The highest BCUT2D eigenvalue weighted by Gasteiger charge is 2.38. The number of hydrogen-bond acceptors (Lipinski definition) is 3. The van der Waals surface area contributed by atoms with E-state index >= 15 is 0 Å². The second-order valence-electron chi connectivity index (χ2n) is 6.58. The minimum atomic E-state index is 0.154. The van der Waals surface area contributed by atoms with Crippen LogP contribution in [-0.2, 0) is 0 Å². The Kier molecular flexibility index (Phi) is 4.39. The van der Waals surface area contributed by atoms with Crippen molar-refractivity contribution in [3.8, 4) is 5.75 Å². The molecule has 0 aliphatic carbocycles. The maximum Gasteiger partial charge on any atom is 0.254 e. The molecule has 2 saturated heterocycles. The summed E-state index contributed by atoms with van der Waals surface area (Å²) in [7, 11) is 3.84. The monoisotopic (exact) mass is 302 g/mol. The smallest absolute Gasteiger partial charge is 0.254 e. The van der Waals surface area contributed by atoms with Gasteiger partial charge >= 0.3 is 0 Å². The van der Waals surface area contributed by atoms with Gasteiger partial charge in [-0.1, -0.05) is 6.07 Å². The Morgan fingerprint density at radius 1 is 1.18 bits per heavy atom. The summed E-state index contributed by atoms with van der Waals surface area (Å²) in [6, 6.07) is 6.67. The van der Waals surface area contributed by atoms with Crippen LogP contribution in [0.1, 0.15) is 41.6 Å². The molecule has 4 heteroatoms. The number of carbonyl (C=O) groups is 1. The highest BCUT2D eigenvalue weighted by molar-refractivity contribution is 5.95. The SMILES string of the molecule is COc1cc(C(=O)N2CCC[C@H]2[C@H]2CCCN2C)ccc1C. The Hall–Kier alpha value is -1.55. The fourth-order valence-corrected chi connectivity index (χ4v) is 3.99. The van der Waals surface area contributed by atoms with Gasteiger partial charge in [0.15, 0.2) is 0 Å². The molecule has 0 spiro atoms. The molecule has 0 saturated carbocycles. The number of aryl methyl sites for hydroxylation is 1. The predicted octanol–water partition coefficient (Wildman–Crippen LogP) is 2.70. The summed E-state index contributed by atoms with van der Waals surface area (Å²) in [5.41, 5.74) is 1.81. The van der Waals surface area contributed by atoms with Crippen LogP contribution in [0, 0.1) is 6.92 Å². The van der Waals surface area contributed by atoms with Gasteiger partial charge in [-0.25, -0.2) is 0 Å². The molecule has 22 heavy (non-hydrogen) atoms. The fourth-order valence-electron chi connectivity index (χ4n) is 3.99. The molecule has 1 amide bonds. The quantitative estimate of drug-likeness (QED) is 0.860. The zero-order chi connectivity index (χ0) is 15.7. The van der Waals surface area contributed by atoms with Crippen LogP contribution in [-0.4, -0.2) is 55.0 Å². The molecule has 1 aromatic carbocycles. The predicted molar refractivity (Wildman–Crippen MR) is 87.4 cm³/mol. The largest absolute Gasteiger partial charge is 0.496 e. The highest BCUT2D eigenvalue weighted by atomic mass is 16.5. The van der Waals surface area contributed by atoms with E-state index in [1.54, 1.807) is 7.11 Å². The van der Waals surface area contributed by atoms with Gasteiger partial charge in [-0.05, 0) is 63.9 Å². The normalized spacial score (nSPS) is 25.7. The molecule has 2 aliphatic heterocycles. The highest BCUT2D eigenvalue weighted by Crippen LogP contribution is 2.30. The van der Waals surface area contributed by atoms with Crippen LogP contribution in [0.5, 0.6) is 5.75 Å². The first-order chi connectivity index (χ1) is 10.6. The van der Waals surface area contributed by atoms with Gasteiger partial charge in [-0.15, -0.1) is 0 Å². The molecule has 2 aliphatic rings. The van der Waals surface area contributed by atoms with Crippen LogP contribution >= 0.6 is 0 Å². The average Bonchev–Trinajstić information content (AvgIpc) is 3.15. The average molecular weight is 302 g/mol. The molecule has 3 rings (SSSR count). The first-order valence-corrected chi connectivity index (χ1v) is 8.27. The molecule has 2 heterocycles. The molecule has 0 unspecified atom stereocenters. The summed E-state index contributed by atoms with van der Waals surface area (Å²) in [6.45, 7) is 4.03. The van der Waals surface area contributed by atoms with Gasteiger partial charge in [-0.3, -0.25) is 4.79 Å². The Balaban J connectivity index is 1.81. The second-order valence-corrected chi connectivity index (χ2v) is 6.58. The standard InChI is InChI=1S/C18H26N2O2/c1-13-8-9-14(12-17(13)22-3)18(21)20-11-5-7-16(20)15-6-4-10-19(15)2/h8-9,12,15-16H,4-7,10-11H2,1-3H3/t15-,16+/m1/s1. The molecule has 2 fully saturated rings. The maximum atomic E-state index is 13.0. The number of hydrogen-bond donors (Lipinski definition) is 0. The first-order valence-electron chi connectivity index (χ1n) is 8.27. The van der Waals surface area contributed by atoms with E-state index in [1.807, 2.05) is 25.1 Å². The molecule has 0 radical (unpaired) electrons. The van der Waals surface area contributed by atoms with Crippen molar-refractivity contribution in [2.75, 3.05) is 27.2 Å². The van der Waals surface area contributed by atoms with Crippen molar-refractivity contribution in [2.24, 2.45) is 0 Å². The lowest BCUT2D eigenvalue weighted by atomic mass is 10.0. The number of methoxy groups -OCH3 is 1. The van der Waals surface area contributed by atoms with Crippen molar-refractivity contribution in [3.63, 3.8) is 0 Å². The fraction of sp³-hybridized carbons (Fsp3) is 0.611. The van der Waals surface area contributed by atoms with E-state index in [9.17, 15) is 4.79 Å². The van der Waals surface area contributed by atoms with Gasteiger partial charge in [-0.2, -0.15) is 0 Å². The van der Waals surface area contributed by atoms with E-state index in [2.05, 4.69) is 16.8 Å². The van der Waals surface area contributed by atoms with Gasteiger partial charge in [0.05, 0.1) is 7.11 Å². The summed E-state index contributed by atoms with van der Waals surface area (Å²) < 4.78 is 5.36. The molecular weight excluding hydrogens is 276 g/mol. The minimum absolute atomic E-state index is 0.154. The number of likely N-dealkylation sites (tertiary alicyclic amines) is 2. The Morgan fingerprint density at radius 2 is 1.91 bits per heavy atom. The van der Waals surface area contributed by atoms with Crippen LogP contribution in [0.4, 0.5) is 0 Å². The molecule has 0 aromatic heterocycles. The van der Waals surface area contributed by atoms with Crippen molar-refractivity contribution in [1.29, 1.82) is 0 Å². The number of ether oxygens (including phenoxy) is 1. The molecular formula is C18H26N2O2. The molecule has 4 nitrogen and oxygen atoms in total. The number of benzene rings is 1. The van der Waals surface area contributed by atoms with E-state index < -0.39 is 0 Å². The topological polar surface area (TPSA) is 32.8 Å². The number of rotatable bonds is 3. The lowest BCUT2D eigenvalue weighted by Gasteiger charge is -2.33. The molecule has 2 atom stereocenters. The third kappa shape index (κ3) is 2.72. The Labute approximate surface area is 133 Å². The lowest BCUT2D eigenvalue weighted by molar-refractivity contribution is 0.0664. The van der Waals surface area contributed by atoms with Gasteiger partial charge in [0, 0.05) is 24.2 Å². The summed E-state index contributed by atoms with van der Waals surface area (Å²) in [5, 5.41) is 0. The number of likely N-dealkylation sites (N-methyl/N-ethyl adjacent to an activating group) is 1. The molecule has 1 aromatic rings. The third-order valence-electron chi connectivity index (χ3n) is 5.24. The molecule has 0 bridgehead atoms. The van der Waals surface area contributed by atoms with Crippen molar-refractivity contribution in [2.45, 2.75) is 44.7 Å². The zero-order valence-electron chi connectivity index (χ0n) is 13.8. The van der Waals surface area contributed by atoms with Crippen LogP contribution in [0.15, 0.2) is 18.2 Å². The number of nitrogens with zero attached hydrogens (tertiary/aromatic N) is 2. The van der Waals surface area contributed by atoms with Crippen molar-refractivity contribution in [1.82, 2.24) is 9.80 Å². The van der Waals surface area contributed by atoms with E-state index in [0.717, 1.165) is 42.8 Å². The van der Waals surface area contributed by atoms with E-state index in [0.29, 0.717) is 12.1 Å². The third-order valence-corrected chi connectivity index (χ3v) is 5.24. The number of amides is 1. The second kappa shape index (κ2) is 6.29. The molecule has 120 valence electrons. The number of carbonyl (C=O) groups excluding carboxylic acids is 1. The van der Waals surface area contributed by atoms with Gasteiger partial charge in [0.2, 0.25) is 0 Å². The first kappa shape index (κ1) is 15.3. The van der Waals surface area contributed by atoms with E-state index in [1.165, 1.54) is 12.8 Å². The lowest BCUT2D eigenvalue weighted by Crippen LogP contribution is -2.47. The maximum absolute atomic E-state index is 13.0. The van der Waals surface area contributed by atoms with E-state index in [-0.39, 0.29) is 5.91 Å². The van der Waals surface area contributed by atoms with Gasteiger partial charge < -0.3 is 14.5 Å². The van der Waals surface area contributed by atoms with Crippen molar-refractivity contribution >= 4 is 5.91 Å². The molecule has 0 N–H and O–H groups in total. The van der Waals surface area contributed by atoms with Crippen molar-refractivity contribution in [3.05, 3.63) is 29.3 Å². The summed E-state index contributed by atoms with van der Waals surface area (Å²) >= 11 is 0. The van der Waals surface area contributed by atoms with Crippen LogP contribution < -0.4 is 4.74 Å². The van der Waals surface area contributed by atoms with Crippen LogP contribution in [0.2, 0.25) is 0 Å². The van der Waals surface area contributed by atoms with Crippen LogP contribution in [0.3, 0.4) is 0 Å². The Morgan fingerprint density at radius 3 is 2.59 bits per heavy atom. The Bertz CT molecular complexity index is 558. The van der Waals surface area contributed by atoms with Crippen molar-refractivity contribution < 1.29 is 9.53 Å². The van der Waals surface area contributed by atoms with E-state index in [4.69, 9.17) is 4.74 Å². The summed E-state index contributed by atoms with van der Waals surface area (Å²) in [5.74, 6) is 0.945. The van der Waals surface area contributed by atoms with Gasteiger partial charge in [0.25, 0.3) is 5.91 Å². The summed E-state index contributed by atoms with van der Waals surface area (Å²) in [6.07, 6.45) is 4.70. The zero-order valence-corrected chi connectivity index (χ0v) is 13.8. The summed E-state index contributed by atoms with van der Waals surface area (Å²) in [4.78, 5) is 17.5. The minimum Gasteiger partial charge on any atom is -0.496 e. The van der Waals surface area contributed by atoms with Crippen LogP contribution in [0.25, 0.3) is 0 Å². The van der Waals surface area contributed by atoms with Gasteiger partial charge in [0.1, 0.15) is 5.75 Å².